The Bertz CT molecular complexity index is 2340. The number of hydrogen-bond acceptors (Lipinski definition) is 8. The molecule has 0 spiro atoms. The molecule has 4 heterocycles. The molecule has 2 fully saturated rings. The van der Waals surface area contributed by atoms with Crippen LogP contribution in [0, 0.1) is 5.92 Å². The zero-order chi connectivity index (χ0) is 41.2. The zero-order valence-corrected chi connectivity index (χ0v) is 34.5. The lowest BCUT2D eigenvalue weighted by Gasteiger charge is -2.31. The molecule has 0 radical (unpaired) electrons. The van der Waals surface area contributed by atoms with Crippen molar-refractivity contribution in [2.45, 2.75) is 69.7 Å². The summed E-state index contributed by atoms with van der Waals surface area (Å²) in [7, 11) is 5.22. The summed E-state index contributed by atoms with van der Waals surface area (Å²) in [4.78, 5) is 58.7. The third-order valence-corrected chi connectivity index (χ3v) is 12.1. The van der Waals surface area contributed by atoms with Gasteiger partial charge >= 0.3 is 6.09 Å². The Kier molecular flexibility index (Phi) is 11.5. The van der Waals surface area contributed by atoms with E-state index in [4.69, 9.17) is 14.7 Å². The summed E-state index contributed by atoms with van der Waals surface area (Å²) in [5, 5.41) is 8.60. The maximum absolute atomic E-state index is 14.0. The van der Waals surface area contributed by atoms with Crippen LogP contribution in [0.25, 0.3) is 33.2 Å². The zero-order valence-electron chi connectivity index (χ0n) is 34.5. The monoisotopic (exact) mass is 794 g/mol. The fourth-order valence-electron chi connectivity index (χ4n) is 8.96. The second kappa shape index (κ2) is 17.1. The van der Waals surface area contributed by atoms with Gasteiger partial charge in [-0.3, -0.25) is 19.5 Å². The minimum Gasteiger partial charge on any atom is -0.453 e. The lowest BCUT2D eigenvalue weighted by molar-refractivity contribution is -0.137. The van der Waals surface area contributed by atoms with Crippen LogP contribution in [0.3, 0.4) is 0 Å². The van der Waals surface area contributed by atoms with Gasteiger partial charge in [0.2, 0.25) is 11.8 Å². The van der Waals surface area contributed by atoms with Crippen molar-refractivity contribution in [2.24, 2.45) is 10.9 Å². The number of imidazole rings is 1. The second-order valence-electron chi connectivity index (χ2n) is 16.5. The van der Waals surface area contributed by atoms with Crippen molar-refractivity contribution < 1.29 is 19.1 Å². The topological polar surface area (TPSA) is 135 Å². The largest absolute Gasteiger partial charge is 0.453 e. The quantitative estimate of drug-likeness (QED) is 0.128. The summed E-state index contributed by atoms with van der Waals surface area (Å²) in [5.41, 5.74) is 6.28. The number of aromatic nitrogens is 2. The van der Waals surface area contributed by atoms with Gasteiger partial charge in [-0.25, -0.2) is 9.78 Å². The third-order valence-electron chi connectivity index (χ3n) is 12.1. The van der Waals surface area contributed by atoms with E-state index in [9.17, 15) is 14.4 Å². The number of ether oxygens (including phenoxy) is 1. The van der Waals surface area contributed by atoms with Crippen molar-refractivity contribution in [1.82, 2.24) is 35.3 Å². The Morgan fingerprint density at radius 2 is 1.46 bits per heavy atom. The van der Waals surface area contributed by atoms with Crippen molar-refractivity contribution in [3.63, 3.8) is 0 Å². The first-order valence-electron chi connectivity index (χ1n) is 20.8. The molecule has 5 atom stereocenters. The molecule has 12 nitrogen and oxygen atoms in total. The van der Waals surface area contributed by atoms with E-state index in [1.165, 1.54) is 7.11 Å². The predicted octanol–water partition coefficient (Wildman–Crippen LogP) is 7.28. The minimum atomic E-state index is -0.662. The molecule has 3 aliphatic rings. The van der Waals surface area contributed by atoms with Crippen molar-refractivity contribution in [3.8, 4) is 22.4 Å². The summed E-state index contributed by atoms with van der Waals surface area (Å²) in [6, 6.07) is 30.4. The summed E-state index contributed by atoms with van der Waals surface area (Å²) in [6.07, 6.45) is 4.88. The highest BCUT2D eigenvalue weighted by Crippen LogP contribution is 2.36. The highest BCUT2D eigenvalue weighted by molar-refractivity contribution is 5.95. The first-order chi connectivity index (χ1) is 28.6. The van der Waals surface area contributed by atoms with Gasteiger partial charge < -0.3 is 30.2 Å². The number of aliphatic imine (C=N–C) groups is 1. The Hall–Kier alpha value is -6.01. The average molecular weight is 795 g/mol. The van der Waals surface area contributed by atoms with Crippen LogP contribution in [0.5, 0.6) is 0 Å². The molecule has 8 rings (SSSR count). The van der Waals surface area contributed by atoms with Crippen LogP contribution in [-0.2, 0) is 14.3 Å². The maximum Gasteiger partial charge on any atom is 0.407 e. The number of hydrogen-bond donors (Lipinski definition) is 3. The molecule has 12 heteroatoms. The van der Waals surface area contributed by atoms with E-state index in [2.05, 4.69) is 76.3 Å². The van der Waals surface area contributed by atoms with Crippen molar-refractivity contribution in [3.05, 3.63) is 114 Å². The minimum absolute atomic E-state index is 0.0183. The molecule has 5 aromatic rings. The van der Waals surface area contributed by atoms with Gasteiger partial charge in [0.1, 0.15) is 23.7 Å². The van der Waals surface area contributed by atoms with Gasteiger partial charge in [-0.1, -0.05) is 92.7 Å². The molecule has 1 aromatic heterocycles. The number of amidine groups is 1. The number of alkyl carbamates (subject to hydrolysis) is 1. The molecule has 0 aliphatic carbocycles. The number of amides is 3. The van der Waals surface area contributed by atoms with Crippen molar-refractivity contribution >= 4 is 34.5 Å². The van der Waals surface area contributed by atoms with Gasteiger partial charge in [0.25, 0.3) is 0 Å². The molecule has 0 saturated carbocycles. The SMILES string of the molecule is COC(=O)N[C@H](C(=O)N1CCC[C@H]1C1=NCC(c2ccc(-c3ccc4cc(-c5c[nH]c([C@@H]6CCCN6C(=O)[C@@H](c6ccccc6)N(C)C)n5)ccc4c3)cc2)N1)C(C)C. The molecule has 1 unspecified atom stereocenters. The third kappa shape index (κ3) is 8.18. The van der Waals surface area contributed by atoms with E-state index in [0.29, 0.717) is 19.6 Å². The summed E-state index contributed by atoms with van der Waals surface area (Å²) in [5.74, 6) is 1.57. The number of nitrogens with one attached hydrogen (secondary N) is 3. The van der Waals surface area contributed by atoms with E-state index >= 15 is 0 Å². The number of likely N-dealkylation sites (tertiary alicyclic amines) is 2. The Morgan fingerprint density at radius 3 is 2.14 bits per heavy atom. The van der Waals surface area contributed by atoms with E-state index in [0.717, 1.165) is 81.6 Å². The van der Waals surface area contributed by atoms with Crippen LogP contribution < -0.4 is 10.6 Å². The summed E-state index contributed by atoms with van der Waals surface area (Å²) in [6.45, 7) is 5.78. The van der Waals surface area contributed by atoms with Crippen LogP contribution in [0.2, 0.25) is 0 Å². The summed E-state index contributed by atoms with van der Waals surface area (Å²) < 4.78 is 4.78. The molecule has 3 N–H and O–H groups in total. The van der Waals surface area contributed by atoms with Crippen molar-refractivity contribution in [1.29, 1.82) is 0 Å². The Balaban J connectivity index is 0.915. The molecule has 59 heavy (non-hydrogen) atoms. The van der Waals surface area contributed by atoms with E-state index in [1.54, 1.807) is 0 Å². The van der Waals surface area contributed by atoms with Gasteiger partial charge in [-0.05, 0) is 90.9 Å². The Morgan fingerprint density at radius 1 is 0.814 bits per heavy atom. The van der Waals surface area contributed by atoms with E-state index < -0.39 is 12.1 Å². The van der Waals surface area contributed by atoms with Crippen molar-refractivity contribution in [2.75, 3.05) is 40.8 Å². The number of nitrogens with zero attached hydrogens (tertiary/aromatic N) is 5. The summed E-state index contributed by atoms with van der Waals surface area (Å²) >= 11 is 0. The first-order valence-corrected chi connectivity index (χ1v) is 20.8. The van der Waals surface area contributed by atoms with Gasteiger partial charge in [-0.2, -0.15) is 0 Å². The van der Waals surface area contributed by atoms with Gasteiger partial charge in [0.15, 0.2) is 0 Å². The highest BCUT2D eigenvalue weighted by Gasteiger charge is 2.40. The number of methoxy groups -OCH3 is 1. The second-order valence-corrected chi connectivity index (χ2v) is 16.5. The number of carbonyl (C=O) groups excluding carboxylic acids is 3. The average Bonchev–Trinajstić information content (AvgIpc) is 4.09. The molecule has 4 aromatic carbocycles. The van der Waals surface area contributed by atoms with Crippen LogP contribution in [0.4, 0.5) is 4.79 Å². The fourth-order valence-corrected chi connectivity index (χ4v) is 8.96. The van der Waals surface area contributed by atoms with Gasteiger partial charge in [-0.15, -0.1) is 0 Å². The highest BCUT2D eigenvalue weighted by atomic mass is 16.5. The standard InChI is InChI=1S/C47H54N8O4/c1-29(2)41(52-47(58)59-5)45(56)54-23-9-13-39(54)43-48-27-37(50-43)31-17-15-30(16-18-31)33-19-20-35-26-36(22-21-34(35)25-33)38-28-49-44(51-38)40-14-10-24-55(40)46(57)42(53(3)4)32-11-7-6-8-12-32/h6-8,11-12,15-22,25-26,28-29,37,39-42H,9-10,13-14,23-24,27H2,1-5H3,(H,48,50)(H,49,51)(H,52,58)/t37?,39-,40-,41-,42+/m0/s1. The van der Waals surface area contributed by atoms with Crippen LogP contribution in [-0.4, -0.2) is 101 Å². The molecule has 3 aliphatic heterocycles. The van der Waals surface area contributed by atoms with Crippen LogP contribution in [0.1, 0.15) is 74.6 Å². The molecular weight excluding hydrogens is 741 g/mol. The number of H-pyrrole nitrogens is 1. The molecule has 306 valence electrons. The molecule has 3 amide bonds. The number of benzene rings is 4. The number of carbonyl (C=O) groups is 3. The van der Waals surface area contributed by atoms with E-state index in [-0.39, 0.29) is 41.9 Å². The van der Waals surface area contributed by atoms with E-state index in [1.807, 2.05) is 79.2 Å². The van der Waals surface area contributed by atoms with Gasteiger partial charge in [0, 0.05) is 24.8 Å². The smallest absolute Gasteiger partial charge is 0.407 e. The normalized spacial score (nSPS) is 20.2. The number of likely N-dealkylation sites (N-methyl/N-ethyl adjacent to an activating group) is 1. The lowest BCUT2D eigenvalue weighted by Crippen LogP contribution is -2.54. The molecule has 2 saturated heterocycles. The Labute approximate surface area is 346 Å². The van der Waals surface area contributed by atoms with Gasteiger partial charge in [0.05, 0.1) is 37.5 Å². The van der Waals surface area contributed by atoms with Crippen LogP contribution >= 0.6 is 0 Å². The number of rotatable bonds is 11. The fraction of sp³-hybridized carbons (Fsp3) is 0.383. The first kappa shape index (κ1) is 39.8. The lowest BCUT2D eigenvalue weighted by atomic mass is 9.97. The molecular formula is C47H54N8O4. The number of fused-ring (bicyclic) bond motifs is 1. The number of aromatic amines is 1. The van der Waals surface area contributed by atoms with Crippen LogP contribution in [0.15, 0.2) is 102 Å². The molecule has 0 bridgehead atoms. The predicted molar refractivity (Wildman–Crippen MR) is 231 cm³/mol. The maximum atomic E-state index is 14.0.